The van der Waals surface area contributed by atoms with Crippen LogP contribution in [-0.2, 0) is 16.6 Å². The highest BCUT2D eigenvalue weighted by Gasteiger charge is 2.28. The summed E-state index contributed by atoms with van der Waals surface area (Å²) >= 11 is 7.88. The van der Waals surface area contributed by atoms with E-state index in [0.29, 0.717) is 21.4 Å². The molecule has 0 amide bonds. The highest BCUT2D eigenvalue weighted by atomic mass is 35.5. The molecule has 0 aliphatic heterocycles. The molecule has 0 bridgehead atoms. The molecule has 0 atom stereocenters. The number of nitrogens with one attached hydrogen (secondary N) is 1. The number of rotatable bonds is 6. The lowest BCUT2D eigenvalue weighted by Crippen LogP contribution is -2.30. The van der Waals surface area contributed by atoms with Gasteiger partial charge in [0.2, 0.25) is 0 Å². The van der Waals surface area contributed by atoms with Gasteiger partial charge in [-0.3, -0.25) is 4.79 Å². The van der Waals surface area contributed by atoms with Crippen LogP contribution in [0.4, 0.5) is 0 Å². The number of thiophene rings is 1. The summed E-state index contributed by atoms with van der Waals surface area (Å²) < 4.78 is 27.2. The fraction of sp³-hybridized carbons (Fsp3) is 0.250. The molecule has 2 aromatic rings. The van der Waals surface area contributed by atoms with Gasteiger partial charge in [-0.2, -0.15) is 4.31 Å². The van der Waals surface area contributed by atoms with Gasteiger partial charge in [0.05, 0.1) is 4.34 Å². The maximum Gasteiger partial charge on any atom is 0.305 e. The molecule has 0 spiro atoms. The Bertz CT molecular complexity index is 804. The summed E-state index contributed by atoms with van der Waals surface area (Å²) in [5.74, 6) is 0. The van der Waals surface area contributed by atoms with Crippen LogP contribution in [0.3, 0.4) is 0 Å². The van der Waals surface area contributed by atoms with E-state index in [0.717, 1.165) is 4.88 Å². The molecule has 2 heterocycles. The van der Waals surface area contributed by atoms with Crippen LogP contribution in [-0.4, -0.2) is 24.3 Å². The quantitative estimate of drug-likeness (QED) is 0.801. The standard InChI is InChI=1S/C12H13ClN2O3S3/c1-3-6-15(7-9-4-5-10(13)19-9)21(17,18)11-8(2)14-12(16)20-11/h3-5H,1,6-7H2,2H3,(H,14,16). The SMILES string of the molecule is C=CCN(Cc1ccc(Cl)s1)S(=O)(=O)c1sc(=O)[nH]c1C. The average molecular weight is 365 g/mol. The molecule has 0 aliphatic carbocycles. The predicted molar refractivity (Wildman–Crippen MR) is 86.8 cm³/mol. The number of aryl methyl sites for hydroxylation is 1. The van der Waals surface area contributed by atoms with Gasteiger partial charge in [0.15, 0.2) is 4.21 Å². The maximum atomic E-state index is 12.7. The molecule has 114 valence electrons. The van der Waals surface area contributed by atoms with Gasteiger partial charge in [-0.1, -0.05) is 29.0 Å². The van der Waals surface area contributed by atoms with Crippen molar-refractivity contribution in [3.63, 3.8) is 0 Å². The Morgan fingerprint density at radius 3 is 2.62 bits per heavy atom. The first-order valence-corrected chi connectivity index (χ1v) is 9.34. The van der Waals surface area contributed by atoms with E-state index in [2.05, 4.69) is 11.6 Å². The van der Waals surface area contributed by atoms with Crippen LogP contribution < -0.4 is 4.87 Å². The number of sulfonamides is 1. The minimum absolute atomic E-state index is 0.0389. The minimum Gasteiger partial charge on any atom is -0.315 e. The second-order valence-corrected chi connectivity index (χ2v) is 9.14. The molecule has 0 saturated heterocycles. The van der Waals surface area contributed by atoms with Gasteiger partial charge < -0.3 is 4.98 Å². The summed E-state index contributed by atoms with van der Waals surface area (Å²) in [6, 6.07) is 3.51. The lowest BCUT2D eigenvalue weighted by Gasteiger charge is -2.19. The van der Waals surface area contributed by atoms with E-state index in [1.165, 1.54) is 21.7 Å². The third-order valence-electron chi connectivity index (χ3n) is 2.65. The van der Waals surface area contributed by atoms with E-state index in [1.807, 2.05) is 0 Å². The zero-order chi connectivity index (χ0) is 15.6. The molecule has 0 aliphatic rings. The van der Waals surface area contributed by atoms with Crippen LogP contribution in [0, 0.1) is 6.92 Å². The fourth-order valence-electron chi connectivity index (χ4n) is 1.76. The Morgan fingerprint density at radius 2 is 2.14 bits per heavy atom. The first kappa shape index (κ1) is 16.4. The number of hydrogen-bond acceptors (Lipinski definition) is 5. The molecule has 9 heteroatoms. The van der Waals surface area contributed by atoms with Gasteiger partial charge >= 0.3 is 4.87 Å². The van der Waals surface area contributed by atoms with E-state index in [-0.39, 0.29) is 22.2 Å². The summed E-state index contributed by atoms with van der Waals surface area (Å²) in [6.45, 7) is 5.50. The van der Waals surface area contributed by atoms with Crippen LogP contribution in [0.5, 0.6) is 0 Å². The highest BCUT2D eigenvalue weighted by Crippen LogP contribution is 2.27. The van der Waals surface area contributed by atoms with Gasteiger partial charge in [0.25, 0.3) is 10.0 Å². The largest absolute Gasteiger partial charge is 0.315 e. The Balaban J connectivity index is 2.38. The molecule has 0 fully saturated rings. The molecule has 0 unspecified atom stereocenters. The van der Waals surface area contributed by atoms with Crippen LogP contribution in [0.2, 0.25) is 4.34 Å². The van der Waals surface area contributed by atoms with Gasteiger partial charge in [-0.25, -0.2) is 8.42 Å². The zero-order valence-electron chi connectivity index (χ0n) is 11.1. The van der Waals surface area contributed by atoms with Crippen molar-refractivity contribution < 1.29 is 8.42 Å². The summed E-state index contributed by atoms with van der Waals surface area (Å²) in [5.41, 5.74) is 0.350. The molecular weight excluding hydrogens is 352 g/mol. The molecule has 21 heavy (non-hydrogen) atoms. The van der Waals surface area contributed by atoms with Gasteiger partial charge in [0.1, 0.15) is 0 Å². The van der Waals surface area contributed by atoms with Crippen LogP contribution in [0.1, 0.15) is 10.6 Å². The first-order valence-electron chi connectivity index (χ1n) is 5.89. The number of hydrogen-bond donors (Lipinski definition) is 1. The number of aromatic nitrogens is 1. The topological polar surface area (TPSA) is 70.2 Å². The summed E-state index contributed by atoms with van der Waals surface area (Å²) in [7, 11) is -3.75. The van der Waals surface area contributed by atoms with Crippen LogP contribution in [0.25, 0.3) is 0 Å². The number of halogens is 1. The van der Waals surface area contributed by atoms with Crippen molar-refractivity contribution in [2.75, 3.05) is 6.54 Å². The molecule has 0 saturated carbocycles. The Hall–Kier alpha value is -0.930. The van der Waals surface area contributed by atoms with E-state index in [4.69, 9.17) is 11.6 Å². The molecule has 0 radical (unpaired) electrons. The van der Waals surface area contributed by atoms with E-state index < -0.39 is 10.0 Å². The van der Waals surface area contributed by atoms with Crippen LogP contribution in [0.15, 0.2) is 33.8 Å². The Kier molecular flexibility index (Phi) is 5.05. The number of thiazole rings is 1. The number of nitrogens with zero attached hydrogens (tertiary/aromatic N) is 1. The molecule has 2 rings (SSSR count). The summed E-state index contributed by atoms with van der Waals surface area (Å²) in [5, 5.41) is 0. The number of aromatic amines is 1. The minimum atomic E-state index is -3.75. The molecule has 5 nitrogen and oxygen atoms in total. The summed E-state index contributed by atoms with van der Waals surface area (Å²) in [4.78, 5) is 14.3. The summed E-state index contributed by atoms with van der Waals surface area (Å²) in [6.07, 6.45) is 1.51. The molecular formula is C12H13ClN2O3S3. The third-order valence-corrected chi connectivity index (χ3v) is 7.26. The second-order valence-electron chi connectivity index (χ2n) is 4.22. The Morgan fingerprint density at radius 1 is 1.43 bits per heavy atom. The van der Waals surface area contributed by atoms with Gasteiger partial charge in [-0.15, -0.1) is 17.9 Å². The van der Waals surface area contributed by atoms with Crippen molar-refractivity contribution >= 4 is 44.3 Å². The normalized spacial score (nSPS) is 12.0. The van der Waals surface area contributed by atoms with Gasteiger partial charge in [-0.05, 0) is 19.1 Å². The van der Waals surface area contributed by atoms with E-state index in [1.54, 1.807) is 19.1 Å². The number of H-pyrrole nitrogens is 1. The molecule has 1 N–H and O–H groups in total. The third kappa shape index (κ3) is 3.64. The first-order chi connectivity index (χ1) is 9.84. The smallest absolute Gasteiger partial charge is 0.305 e. The monoisotopic (exact) mass is 364 g/mol. The van der Waals surface area contributed by atoms with E-state index in [9.17, 15) is 13.2 Å². The van der Waals surface area contributed by atoms with Crippen LogP contribution >= 0.6 is 34.3 Å². The van der Waals surface area contributed by atoms with E-state index >= 15 is 0 Å². The van der Waals surface area contributed by atoms with Crippen molar-refractivity contribution in [2.45, 2.75) is 17.7 Å². The lowest BCUT2D eigenvalue weighted by atomic mass is 10.4. The van der Waals surface area contributed by atoms with Crippen molar-refractivity contribution in [2.24, 2.45) is 0 Å². The fourth-order valence-corrected chi connectivity index (χ4v) is 5.77. The Labute approximate surface area is 135 Å². The van der Waals surface area contributed by atoms with Crippen molar-refractivity contribution in [3.8, 4) is 0 Å². The lowest BCUT2D eigenvalue weighted by molar-refractivity contribution is 0.442. The van der Waals surface area contributed by atoms with Crippen molar-refractivity contribution in [1.82, 2.24) is 9.29 Å². The predicted octanol–water partition coefficient (Wildman–Crippen LogP) is 2.84. The van der Waals surface area contributed by atoms with Gasteiger partial charge in [0, 0.05) is 23.7 Å². The second kappa shape index (κ2) is 6.45. The molecule has 2 aromatic heterocycles. The van der Waals surface area contributed by atoms with Crippen molar-refractivity contribution in [3.05, 3.63) is 49.4 Å². The average Bonchev–Trinajstić information content (AvgIpc) is 2.95. The maximum absolute atomic E-state index is 12.7. The molecule has 0 aromatic carbocycles. The zero-order valence-corrected chi connectivity index (χ0v) is 14.3. The van der Waals surface area contributed by atoms with Crippen molar-refractivity contribution in [1.29, 1.82) is 0 Å². The highest BCUT2D eigenvalue weighted by molar-refractivity contribution is 7.91.